The first-order chi connectivity index (χ1) is 24.2. The van der Waals surface area contributed by atoms with Gasteiger partial charge in [-0.25, -0.2) is 18.2 Å². The van der Waals surface area contributed by atoms with Crippen LogP contribution >= 0.6 is 0 Å². The first kappa shape index (κ1) is 38.6. The van der Waals surface area contributed by atoms with E-state index in [9.17, 15) is 27.6 Å². The molecule has 16 heteroatoms. The number of methoxy groups -OCH3 is 2. The molecule has 3 N–H and O–H groups in total. The lowest BCUT2D eigenvalue weighted by Crippen LogP contribution is -2.60. The molecule has 2 aromatic rings. The predicted molar refractivity (Wildman–Crippen MR) is 191 cm³/mol. The molecule has 4 amide bonds. The van der Waals surface area contributed by atoms with Gasteiger partial charge in [0.05, 0.1) is 26.0 Å². The maximum absolute atomic E-state index is 14.5. The van der Waals surface area contributed by atoms with Crippen molar-refractivity contribution in [3.05, 3.63) is 37.1 Å². The molecule has 3 fully saturated rings. The van der Waals surface area contributed by atoms with Crippen LogP contribution in [0.25, 0.3) is 10.8 Å². The second-order valence-electron chi connectivity index (χ2n) is 15.6. The number of rotatable bonds is 12. The zero-order valence-corrected chi connectivity index (χ0v) is 31.7. The van der Waals surface area contributed by atoms with Gasteiger partial charge in [0.2, 0.25) is 27.7 Å². The number of hydrogen-bond acceptors (Lipinski definition) is 11. The molecule has 0 bridgehead atoms. The molecule has 1 saturated heterocycles. The molecule has 3 aliphatic rings. The molecule has 52 heavy (non-hydrogen) atoms. The number of nitrogens with one attached hydrogen (secondary N) is 3. The van der Waals surface area contributed by atoms with Crippen LogP contribution in [-0.4, -0.2) is 97.5 Å². The lowest BCUT2D eigenvalue weighted by molar-refractivity contribution is -0.143. The third kappa shape index (κ3) is 8.06. The molecule has 5 atom stereocenters. The van der Waals surface area contributed by atoms with Crippen LogP contribution in [0.4, 0.5) is 4.79 Å². The smallest absolute Gasteiger partial charge is 0.408 e. The van der Waals surface area contributed by atoms with Crippen molar-refractivity contribution in [3.63, 3.8) is 0 Å². The number of nitrogens with zero attached hydrogens (tertiary/aromatic N) is 2. The van der Waals surface area contributed by atoms with E-state index in [2.05, 4.69) is 26.9 Å². The zero-order chi connectivity index (χ0) is 38.4. The first-order valence-corrected chi connectivity index (χ1v) is 18.8. The molecule has 2 aliphatic carbocycles. The van der Waals surface area contributed by atoms with Crippen molar-refractivity contribution in [1.82, 2.24) is 25.2 Å². The molecule has 2 heterocycles. The van der Waals surface area contributed by atoms with Crippen LogP contribution in [0.3, 0.4) is 0 Å². The van der Waals surface area contributed by atoms with Gasteiger partial charge in [0.25, 0.3) is 5.91 Å². The quantitative estimate of drug-likeness (QED) is 0.271. The molecular formula is C36H49N5O10S. The SMILES string of the molecule is C=CC1CC1(NC(=O)C1CC(Oc2nccc3c(OC)c(OC)ccc23)CN1C(=O)C(NC(=O)OC(C)(C)C)C(C)(C)C)C(=O)NS(=O)(=O)C1CC1. The summed E-state index contributed by atoms with van der Waals surface area (Å²) in [4.78, 5) is 60.9. The Hall–Kier alpha value is -4.60. The molecule has 1 aromatic heterocycles. The summed E-state index contributed by atoms with van der Waals surface area (Å²) in [5, 5.41) is 6.08. The Morgan fingerprint density at radius 2 is 1.73 bits per heavy atom. The van der Waals surface area contributed by atoms with Crippen molar-refractivity contribution >= 4 is 44.6 Å². The van der Waals surface area contributed by atoms with Crippen LogP contribution in [0.5, 0.6) is 17.4 Å². The lowest BCUT2D eigenvalue weighted by atomic mass is 9.85. The van der Waals surface area contributed by atoms with Crippen LogP contribution < -0.4 is 29.6 Å². The first-order valence-electron chi connectivity index (χ1n) is 17.2. The number of fused-ring (bicyclic) bond motifs is 1. The normalized spacial score (nSPS) is 23.6. The number of benzene rings is 1. The van der Waals surface area contributed by atoms with Crippen LogP contribution in [0.2, 0.25) is 0 Å². The Morgan fingerprint density at radius 1 is 1.04 bits per heavy atom. The van der Waals surface area contributed by atoms with E-state index in [1.165, 1.54) is 25.2 Å². The molecular weight excluding hydrogens is 694 g/mol. The molecule has 5 rings (SSSR count). The largest absolute Gasteiger partial charge is 0.493 e. The molecule has 15 nitrogen and oxygen atoms in total. The fourth-order valence-electron chi connectivity index (χ4n) is 6.44. The summed E-state index contributed by atoms with van der Waals surface area (Å²) in [5.41, 5.74) is -3.24. The summed E-state index contributed by atoms with van der Waals surface area (Å²) in [6.45, 7) is 14.1. The van der Waals surface area contributed by atoms with E-state index in [1.807, 2.05) is 0 Å². The third-order valence-electron chi connectivity index (χ3n) is 9.40. The molecule has 1 aliphatic heterocycles. The highest BCUT2D eigenvalue weighted by atomic mass is 32.2. The second-order valence-corrected chi connectivity index (χ2v) is 17.6. The average molecular weight is 744 g/mol. The number of carbonyl (C=O) groups excluding carboxylic acids is 4. The van der Waals surface area contributed by atoms with Gasteiger partial charge in [-0.1, -0.05) is 26.8 Å². The van der Waals surface area contributed by atoms with Crippen LogP contribution in [0.15, 0.2) is 37.1 Å². The Labute approximate surface area is 304 Å². The Balaban J connectivity index is 1.47. The molecule has 5 unspecified atom stereocenters. The fraction of sp³-hybridized carbons (Fsp3) is 0.583. The lowest BCUT2D eigenvalue weighted by Gasteiger charge is -2.36. The van der Waals surface area contributed by atoms with Crippen molar-refractivity contribution in [2.45, 2.75) is 102 Å². The predicted octanol–water partition coefficient (Wildman–Crippen LogP) is 3.21. The third-order valence-corrected chi connectivity index (χ3v) is 11.2. The van der Waals surface area contributed by atoms with E-state index in [-0.39, 0.29) is 25.3 Å². The average Bonchev–Trinajstić information content (AvgIpc) is 3.98. The molecule has 2 saturated carbocycles. The van der Waals surface area contributed by atoms with E-state index in [4.69, 9.17) is 18.9 Å². The number of sulfonamides is 1. The summed E-state index contributed by atoms with van der Waals surface area (Å²) < 4.78 is 50.4. The van der Waals surface area contributed by atoms with E-state index in [1.54, 1.807) is 65.9 Å². The number of likely N-dealkylation sites (tertiary alicyclic amines) is 1. The van der Waals surface area contributed by atoms with Crippen molar-refractivity contribution < 1.29 is 46.5 Å². The second kappa shape index (κ2) is 14.1. The highest BCUT2D eigenvalue weighted by Crippen LogP contribution is 2.46. The molecule has 0 spiro atoms. The number of pyridine rings is 1. The zero-order valence-electron chi connectivity index (χ0n) is 30.9. The van der Waals surface area contributed by atoms with Gasteiger partial charge < -0.3 is 34.5 Å². The number of alkyl carbamates (subject to hydrolysis) is 1. The van der Waals surface area contributed by atoms with Crippen molar-refractivity contribution in [1.29, 1.82) is 0 Å². The van der Waals surface area contributed by atoms with Gasteiger partial charge in [-0.2, -0.15) is 0 Å². The number of amides is 4. The van der Waals surface area contributed by atoms with Crippen LogP contribution in [-0.2, 0) is 29.1 Å². The van der Waals surface area contributed by atoms with Gasteiger partial charge in [-0.15, -0.1) is 6.58 Å². The number of hydrogen-bond donors (Lipinski definition) is 3. The van der Waals surface area contributed by atoms with Crippen molar-refractivity contribution in [2.75, 3.05) is 20.8 Å². The Kier molecular flexibility index (Phi) is 10.5. The van der Waals surface area contributed by atoms with E-state index in [0.29, 0.717) is 35.1 Å². The Bertz CT molecular complexity index is 1870. The van der Waals surface area contributed by atoms with Gasteiger partial charge in [0, 0.05) is 29.3 Å². The highest BCUT2D eigenvalue weighted by Gasteiger charge is 2.62. The van der Waals surface area contributed by atoms with Crippen LogP contribution in [0, 0.1) is 11.3 Å². The number of carbonyl (C=O) groups is 4. The summed E-state index contributed by atoms with van der Waals surface area (Å²) in [6.07, 6.45) is 2.48. The number of aromatic nitrogens is 1. The Morgan fingerprint density at radius 3 is 2.29 bits per heavy atom. The summed E-state index contributed by atoms with van der Waals surface area (Å²) in [5.74, 6) is -1.45. The maximum atomic E-state index is 14.5. The monoisotopic (exact) mass is 743 g/mol. The standard InChI is InChI=1S/C36H49N5O10S/c1-10-20-18-36(20,32(44)40-52(46,47)22-11-12-22)39-29(42)25-17-21(50-30-24-13-14-26(48-8)27(49-9)23(24)15-16-37-30)19-41(25)31(43)28(34(2,3)4)38-33(45)51-35(5,6)7/h10,13-16,20-22,25,28H,1,11-12,17-19H2,2-9H3,(H,38,45)(H,39,42)(H,40,44). The highest BCUT2D eigenvalue weighted by molar-refractivity contribution is 7.91. The number of ether oxygens (including phenoxy) is 4. The summed E-state index contributed by atoms with van der Waals surface area (Å²) >= 11 is 0. The van der Waals surface area contributed by atoms with Crippen molar-refractivity contribution in [2.24, 2.45) is 11.3 Å². The minimum atomic E-state index is -3.91. The maximum Gasteiger partial charge on any atom is 0.408 e. The fourth-order valence-corrected chi connectivity index (χ4v) is 7.80. The van der Waals surface area contributed by atoms with E-state index >= 15 is 0 Å². The van der Waals surface area contributed by atoms with Gasteiger partial charge in [-0.05, 0) is 63.6 Å². The minimum Gasteiger partial charge on any atom is -0.493 e. The van der Waals surface area contributed by atoms with Gasteiger partial charge in [0.1, 0.15) is 29.3 Å². The van der Waals surface area contributed by atoms with Gasteiger partial charge in [-0.3, -0.25) is 19.1 Å². The molecule has 1 aromatic carbocycles. The molecule has 0 radical (unpaired) electrons. The minimum absolute atomic E-state index is 0.0109. The topological polar surface area (TPSA) is 192 Å². The van der Waals surface area contributed by atoms with Gasteiger partial charge in [0.15, 0.2) is 11.5 Å². The van der Waals surface area contributed by atoms with Crippen LogP contribution in [0.1, 0.15) is 67.2 Å². The molecule has 284 valence electrons. The summed E-state index contributed by atoms with van der Waals surface area (Å²) in [7, 11) is -0.864. The van der Waals surface area contributed by atoms with E-state index in [0.717, 1.165) is 0 Å². The van der Waals surface area contributed by atoms with E-state index < -0.39 is 79.7 Å². The van der Waals surface area contributed by atoms with Gasteiger partial charge >= 0.3 is 6.09 Å². The van der Waals surface area contributed by atoms with Crippen molar-refractivity contribution in [3.8, 4) is 17.4 Å². The summed E-state index contributed by atoms with van der Waals surface area (Å²) in [6, 6.07) is 2.92.